The highest BCUT2D eigenvalue weighted by Crippen LogP contribution is 2.29. The molecule has 21 heavy (non-hydrogen) atoms. The van der Waals surface area contributed by atoms with Crippen molar-refractivity contribution in [2.75, 3.05) is 18.8 Å². The van der Waals surface area contributed by atoms with Crippen molar-refractivity contribution >= 4 is 15.7 Å². The first kappa shape index (κ1) is 16.2. The SMILES string of the molecule is CCc1cc(N)c(CC)c(S(=O)(=O)N2CC(O)C(O)C2)c1. The Bertz CT molecular complexity index is 620. The van der Waals surface area contributed by atoms with Crippen LogP contribution in [0.2, 0.25) is 0 Å². The Morgan fingerprint density at radius 3 is 2.24 bits per heavy atom. The van der Waals surface area contributed by atoms with Crippen molar-refractivity contribution in [1.82, 2.24) is 4.31 Å². The van der Waals surface area contributed by atoms with Crippen LogP contribution in [0.1, 0.15) is 25.0 Å². The Morgan fingerprint density at radius 1 is 1.19 bits per heavy atom. The molecule has 1 heterocycles. The smallest absolute Gasteiger partial charge is 0.243 e. The van der Waals surface area contributed by atoms with E-state index in [0.717, 1.165) is 9.87 Å². The molecule has 1 saturated heterocycles. The number of benzene rings is 1. The average Bonchev–Trinajstić information content (AvgIpc) is 2.78. The van der Waals surface area contributed by atoms with Gasteiger partial charge in [-0.1, -0.05) is 13.8 Å². The predicted molar refractivity (Wildman–Crippen MR) is 80.4 cm³/mol. The van der Waals surface area contributed by atoms with Gasteiger partial charge in [0.15, 0.2) is 0 Å². The summed E-state index contributed by atoms with van der Waals surface area (Å²) >= 11 is 0. The van der Waals surface area contributed by atoms with Crippen LogP contribution in [0.5, 0.6) is 0 Å². The van der Waals surface area contributed by atoms with Gasteiger partial charge in [-0.3, -0.25) is 0 Å². The lowest BCUT2D eigenvalue weighted by molar-refractivity contribution is 0.0572. The van der Waals surface area contributed by atoms with Crippen LogP contribution < -0.4 is 5.73 Å². The van der Waals surface area contributed by atoms with Crippen LogP contribution in [0, 0.1) is 0 Å². The molecule has 1 aromatic carbocycles. The fourth-order valence-corrected chi connectivity index (χ4v) is 4.46. The van der Waals surface area contributed by atoms with Gasteiger partial charge in [-0.05, 0) is 36.1 Å². The number of aryl methyl sites for hydroxylation is 1. The molecule has 6 nitrogen and oxygen atoms in total. The van der Waals surface area contributed by atoms with E-state index >= 15 is 0 Å². The number of hydrogen-bond donors (Lipinski definition) is 3. The normalized spacial score (nSPS) is 23.6. The van der Waals surface area contributed by atoms with Crippen LogP contribution in [0.4, 0.5) is 5.69 Å². The zero-order valence-corrected chi connectivity index (χ0v) is 13.1. The lowest BCUT2D eigenvalue weighted by Crippen LogP contribution is -2.31. The van der Waals surface area contributed by atoms with Gasteiger partial charge in [0, 0.05) is 18.8 Å². The maximum Gasteiger partial charge on any atom is 0.243 e. The standard InChI is InChI=1S/C14H22N2O4S/c1-3-9-5-11(15)10(4-2)14(6-9)21(19,20)16-7-12(17)13(18)8-16/h5-6,12-13,17-18H,3-4,7-8,15H2,1-2H3. The molecule has 0 bridgehead atoms. The van der Waals surface area contributed by atoms with Crippen molar-refractivity contribution in [2.45, 2.75) is 43.8 Å². The van der Waals surface area contributed by atoms with Crippen LogP contribution in [-0.4, -0.2) is 48.2 Å². The van der Waals surface area contributed by atoms with Gasteiger partial charge in [0.05, 0.1) is 17.1 Å². The van der Waals surface area contributed by atoms with Gasteiger partial charge in [0.1, 0.15) is 0 Å². The van der Waals surface area contributed by atoms with Crippen molar-refractivity contribution in [2.24, 2.45) is 0 Å². The number of anilines is 1. The second kappa shape index (κ2) is 5.92. The summed E-state index contributed by atoms with van der Waals surface area (Å²) in [5.41, 5.74) is 7.88. The molecular formula is C14H22N2O4S. The molecule has 2 unspecified atom stereocenters. The molecular weight excluding hydrogens is 292 g/mol. The van der Waals surface area contributed by atoms with E-state index in [1.165, 1.54) is 0 Å². The molecule has 1 aromatic rings. The summed E-state index contributed by atoms with van der Waals surface area (Å²) in [5.74, 6) is 0. The average molecular weight is 314 g/mol. The van der Waals surface area contributed by atoms with E-state index in [2.05, 4.69) is 0 Å². The van der Waals surface area contributed by atoms with E-state index in [9.17, 15) is 18.6 Å². The number of hydrogen-bond acceptors (Lipinski definition) is 5. The predicted octanol–water partition coefficient (Wildman–Crippen LogP) is 0.120. The summed E-state index contributed by atoms with van der Waals surface area (Å²) in [5, 5.41) is 19.2. The molecule has 1 aliphatic rings. The molecule has 0 radical (unpaired) electrons. The second-order valence-corrected chi connectivity index (χ2v) is 7.23. The molecule has 0 aromatic heterocycles. The van der Waals surface area contributed by atoms with Gasteiger partial charge in [-0.25, -0.2) is 8.42 Å². The number of nitrogens with zero attached hydrogens (tertiary/aromatic N) is 1. The van der Waals surface area contributed by atoms with Crippen molar-refractivity contribution in [3.05, 3.63) is 23.3 Å². The lowest BCUT2D eigenvalue weighted by Gasteiger charge is -2.20. The van der Waals surface area contributed by atoms with Gasteiger partial charge in [0.2, 0.25) is 10.0 Å². The minimum atomic E-state index is -3.77. The number of rotatable bonds is 4. The fraction of sp³-hybridized carbons (Fsp3) is 0.571. The van der Waals surface area contributed by atoms with Crippen LogP contribution in [-0.2, 0) is 22.9 Å². The lowest BCUT2D eigenvalue weighted by atomic mass is 10.1. The first-order valence-electron chi connectivity index (χ1n) is 7.08. The van der Waals surface area contributed by atoms with E-state index in [1.54, 1.807) is 12.1 Å². The monoisotopic (exact) mass is 314 g/mol. The Hall–Kier alpha value is -1.15. The third kappa shape index (κ3) is 2.91. The van der Waals surface area contributed by atoms with Crippen molar-refractivity contribution in [1.29, 1.82) is 0 Å². The number of nitrogen functional groups attached to an aromatic ring is 1. The largest absolute Gasteiger partial charge is 0.398 e. The molecule has 2 rings (SSSR count). The maximum absolute atomic E-state index is 12.8. The molecule has 7 heteroatoms. The second-order valence-electron chi connectivity index (χ2n) is 5.33. The zero-order valence-electron chi connectivity index (χ0n) is 12.3. The highest BCUT2D eigenvalue weighted by atomic mass is 32.2. The minimum absolute atomic E-state index is 0.0943. The Labute approximate surface area is 125 Å². The summed E-state index contributed by atoms with van der Waals surface area (Å²) in [6, 6.07) is 3.44. The van der Waals surface area contributed by atoms with E-state index in [4.69, 9.17) is 5.73 Å². The molecule has 1 aliphatic heterocycles. The van der Waals surface area contributed by atoms with Crippen LogP contribution in [0.3, 0.4) is 0 Å². The minimum Gasteiger partial charge on any atom is -0.398 e. The maximum atomic E-state index is 12.8. The molecule has 4 N–H and O–H groups in total. The first-order chi connectivity index (χ1) is 9.81. The number of nitrogens with two attached hydrogens (primary N) is 1. The zero-order chi connectivity index (χ0) is 15.8. The van der Waals surface area contributed by atoms with Gasteiger partial charge >= 0.3 is 0 Å². The highest BCUT2D eigenvalue weighted by Gasteiger charge is 2.38. The Morgan fingerprint density at radius 2 is 1.76 bits per heavy atom. The molecule has 0 amide bonds. The number of β-amino-alcohol motifs (C(OH)–C–C–N with tert-alkyl or cyclic N) is 2. The van der Waals surface area contributed by atoms with Gasteiger partial charge in [-0.2, -0.15) is 4.31 Å². The molecule has 118 valence electrons. The Balaban J connectivity index is 2.51. The summed E-state index contributed by atoms with van der Waals surface area (Å²) in [6.07, 6.45) is -0.904. The van der Waals surface area contributed by atoms with Gasteiger partial charge in [-0.15, -0.1) is 0 Å². The van der Waals surface area contributed by atoms with Crippen LogP contribution >= 0.6 is 0 Å². The van der Waals surface area contributed by atoms with Crippen molar-refractivity contribution < 1.29 is 18.6 Å². The van der Waals surface area contributed by atoms with Crippen molar-refractivity contribution in [3.8, 4) is 0 Å². The fourth-order valence-electron chi connectivity index (χ4n) is 2.61. The van der Waals surface area contributed by atoms with Crippen LogP contribution in [0.15, 0.2) is 17.0 Å². The van der Waals surface area contributed by atoms with E-state index < -0.39 is 22.2 Å². The molecule has 2 atom stereocenters. The summed E-state index contributed by atoms with van der Waals surface area (Å²) in [4.78, 5) is 0.183. The number of aliphatic hydroxyl groups excluding tert-OH is 2. The molecule has 0 spiro atoms. The van der Waals surface area contributed by atoms with E-state index in [0.29, 0.717) is 24.1 Å². The quantitative estimate of drug-likeness (QED) is 0.685. The summed E-state index contributed by atoms with van der Waals surface area (Å²) in [6.45, 7) is 3.59. The summed E-state index contributed by atoms with van der Waals surface area (Å²) < 4.78 is 26.7. The number of aliphatic hydroxyl groups is 2. The van der Waals surface area contributed by atoms with E-state index in [1.807, 2.05) is 13.8 Å². The third-order valence-corrected chi connectivity index (χ3v) is 5.81. The Kier molecular flexibility index (Phi) is 4.57. The molecule has 0 aliphatic carbocycles. The third-order valence-electron chi connectivity index (χ3n) is 3.91. The topological polar surface area (TPSA) is 104 Å². The van der Waals surface area contributed by atoms with Gasteiger partial charge in [0.25, 0.3) is 0 Å². The molecule has 0 saturated carbocycles. The highest BCUT2D eigenvalue weighted by molar-refractivity contribution is 7.89. The van der Waals surface area contributed by atoms with E-state index in [-0.39, 0.29) is 18.0 Å². The molecule has 1 fully saturated rings. The van der Waals surface area contributed by atoms with Gasteiger partial charge < -0.3 is 15.9 Å². The van der Waals surface area contributed by atoms with Crippen molar-refractivity contribution in [3.63, 3.8) is 0 Å². The van der Waals surface area contributed by atoms with Crippen LogP contribution in [0.25, 0.3) is 0 Å². The first-order valence-corrected chi connectivity index (χ1v) is 8.52. The number of sulfonamides is 1. The summed E-state index contributed by atoms with van der Waals surface area (Å²) in [7, 11) is -3.77.